The molecule has 0 saturated heterocycles. The highest BCUT2D eigenvalue weighted by atomic mass is 19.1. The SMILES string of the molecule is CCCCCc1ccc(OC(=O)c2ccc(OCCCC3CCC(CCCCC)CC3)cc2)cc1F. The quantitative estimate of drug-likeness (QED) is 0.140. The van der Waals surface area contributed by atoms with E-state index >= 15 is 0 Å². The zero-order valence-corrected chi connectivity index (χ0v) is 22.4. The second kappa shape index (κ2) is 15.7. The third-order valence-corrected chi connectivity index (χ3v) is 7.58. The van der Waals surface area contributed by atoms with Crippen LogP contribution in [0, 0.1) is 17.7 Å². The molecule has 4 heteroatoms. The number of unbranched alkanes of at least 4 members (excludes halogenated alkanes) is 4. The molecule has 0 radical (unpaired) electrons. The topological polar surface area (TPSA) is 35.5 Å². The summed E-state index contributed by atoms with van der Waals surface area (Å²) in [4.78, 5) is 12.5. The zero-order valence-electron chi connectivity index (χ0n) is 22.4. The molecule has 0 heterocycles. The first kappa shape index (κ1) is 28.2. The van der Waals surface area contributed by atoms with Crippen LogP contribution in [0.5, 0.6) is 11.5 Å². The van der Waals surface area contributed by atoms with Crippen LogP contribution in [0.15, 0.2) is 42.5 Å². The van der Waals surface area contributed by atoms with Crippen molar-refractivity contribution in [1.29, 1.82) is 0 Å². The lowest BCUT2D eigenvalue weighted by molar-refractivity contribution is 0.0734. The van der Waals surface area contributed by atoms with Crippen molar-refractivity contribution in [3.05, 3.63) is 59.4 Å². The van der Waals surface area contributed by atoms with E-state index in [0.29, 0.717) is 24.2 Å². The molecule has 0 N–H and O–H groups in total. The van der Waals surface area contributed by atoms with E-state index in [1.54, 1.807) is 36.4 Å². The summed E-state index contributed by atoms with van der Waals surface area (Å²) in [5.74, 6) is 1.98. The first-order chi connectivity index (χ1) is 17.6. The van der Waals surface area contributed by atoms with Crippen molar-refractivity contribution in [2.45, 2.75) is 104 Å². The molecule has 0 amide bonds. The number of esters is 1. The Hall–Kier alpha value is -2.36. The number of carbonyl (C=O) groups is 1. The van der Waals surface area contributed by atoms with Gasteiger partial charge >= 0.3 is 5.97 Å². The monoisotopic (exact) mass is 496 g/mol. The lowest BCUT2D eigenvalue weighted by Crippen LogP contribution is -2.15. The molecule has 0 spiro atoms. The molecule has 2 aromatic carbocycles. The summed E-state index contributed by atoms with van der Waals surface area (Å²) in [6.07, 6.45) is 17.2. The van der Waals surface area contributed by atoms with Gasteiger partial charge in [0, 0.05) is 6.07 Å². The Labute approximate surface area is 217 Å². The van der Waals surface area contributed by atoms with Gasteiger partial charge in [-0.3, -0.25) is 0 Å². The molecule has 1 fully saturated rings. The van der Waals surface area contributed by atoms with Crippen molar-refractivity contribution < 1.29 is 18.7 Å². The van der Waals surface area contributed by atoms with Crippen molar-refractivity contribution in [3.63, 3.8) is 0 Å². The van der Waals surface area contributed by atoms with Crippen LogP contribution in [-0.2, 0) is 6.42 Å². The number of hydrogen-bond acceptors (Lipinski definition) is 3. The Morgan fingerprint density at radius 1 is 0.806 bits per heavy atom. The molecule has 2 aromatic rings. The van der Waals surface area contributed by atoms with Crippen molar-refractivity contribution in [2.24, 2.45) is 11.8 Å². The van der Waals surface area contributed by atoms with Crippen molar-refractivity contribution >= 4 is 5.97 Å². The van der Waals surface area contributed by atoms with E-state index in [0.717, 1.165) is 43.3 Å². The molecule has 0 atom stereocenters. The first-order valence-corrected chi connectivity index (χ1v) is 14.3. The van der Waals surface area contributed by atoms with E-state index in [1.165, 1.54) is 63.9 Å². The van der Waals surface area contributed by atoms with Crippen LogP contribution in [0.1, 0.15) is 113 Å². The molecular weight excluding hydrogens is 451 g/mol. The Bertz CT molecular complexity index is 900. The maximum absolute atomic E-state index is 14.3. The predicted molar refractivity (Wildman–Crippen MR) is 145 cm³/mol. The highest BCUT2D eigenvalue weighted by Gasteiger charge is 2.20. The summed E-state index contributed by atoms with van der Waals surface area (Å²) in [6.45, 7) is 5.10. The minimum atomic E-state index is -0.495. The molecule has 0 aliphatic heterocycles. The first-order valence-electron chi connectivity index (χ1n) is 14.3. The summed E-state index contributed by atoms with van der Waals surface area (Å²) in [5, 5.41) is 0. The number of aryl methyl sites for hydroxylation is 1. The van der Waals surface area contributed by atoms with Gasteiger partial charge in [0.15, 0.2) is 0 Å². The zero-order chi connectivity index (χ0) is 25.6. The molecular formula is C32H45FO3. The van der Waals surface area contributed by atoms with Gasteiger partial charge < -0.3 is 9.47 Å². The van der Waals surface area contributed by atoms with Gasteiger partial charge in [-0.05, 0) is 73.4 Å². The molecule has 36 heavy (non-hydrogen) atoms. The third-order valence-electron chi connectivity index (χ3n) is 7.58. The minimum Gasteiger partial charge on any atom is -0.494 e. The van der Waals surface area contributed by atoms with E-state index in [4.69, 9.17) is 9.47 Å². The molecule has 0 aromatic heterocycles. The molecule has 3 nitrogen and oxygen atoms in total. The fraction of sp³-hybridized carbons (Fsp3) is 0.594. The van der Waals surface area contributed by atoms with Gasteiger partial charge in [-0.1, -0.05) is 84.1 Å². The molecule has 1 saturated carbocycles. The molecule has 198 valence electrons. The largest absolute Gasteiger partial charge is 0.494 e. The standard InChI is InChI=1S/C32H45FO3/c1-3-5-7-10-25-13-15-26(16-14-25)11-9-23-35-29-20-18-28(19-21-29)32(34)36-30-22-17-27(31(33)24-30)12-8-6-4-2/h17-22,24-26H,3-16,23H2,1-2H3. The van der Waals surface area contributed by atoms with Crippen LogP contribution in [0.25, 0.3) is 0 Å². The van der Waals surface area contributed by atoms with Crippen LogP contribution in [-0.4, -0.2) is 12.6 Å². The van der Waals surface area contributed by atoms with E-state index in [1.807, 2.05) is 0 Å². The number of halogens is 1. The van der Waals surface area contributed by atoms with Crippen LogP contribution < -0.4 is 9.47 Å². The number of carbonyl (C=O) groups excluding carboxylic acids is 1. The number of rotatable bonds is 15. The summed E-state index contributed by atoms with van der Waals surface area (Å²) < 4.78 is 25.6. The Morgan fingerprint density at radius 3 is 2.06 bits per heavy atom. The fourth-order valence-corrected chi connectivity index (χ4v) is 5.27. The molecule has 1 aliphatic carbocycles. The van der Waals surface area contributed by atoms with E-state index in [-0.39, 0.29) is 11.6 Å². The third kappa shape index (κ3) is 9.59. The average Bonchev–Trinajstić information content (AvgIpc) is 2.89. The molecule has 3 rings (SSSR count). The van der Waals surface area contributed by atoms with Gasteiger partial charge in [0.1, 0.15) is 17.3 Å². The second-order valence-electron chi connectivity index (χ2n) is 10.5. The predicted octanol–water partition coefficient (Wildman–Crippen LogP) is 9.32. The van der Waals surface area contributed by atoms with Gasteiger partial charge in [0.25, 0.3) is 0 Å². The Kier molecular flexibility index (Phi) is 12.3. The molecule has 0 bridgehead atoms. The van der Waals surface area contributed by atoms with E-state index in [9.17, 15) is 9.18 Å². The smallest absolute Gasteiger partial charge is 0.343 e. The average molecular weight is 497 g/mol. The summed E-state index contributed by atoms with van der Waals surface area (Å²) in [6, 6.07) is 11.7. The molecule has 0 unspecified atom stereocenters. The summed E-state index contributed by atoms with van der Waals surface area (Å²) in [7, 11) is 0. The van der Waals surface area contributed by atoms with Crippen molar-refractivity contribution in [3.8, 4) is 11.5 Å². The van der Waals surface area contributed by atoms with E-state index in [2.05, 4.69) is 13.8 Å². The van der Waals surface area contributed by atoms with E-state index < -0.39 is 5.97 Å². The number of ether oxygens (including phenoxy) is 2. The van der Waals surface area contributed by atoms with Gasteiger partial charge in [-0.2, -0.15) is 0 Å². The second-order valence-corrected chi connectivity index (χ2v) is 10.5. The number of hydrogen-bond donors (Lipinski definition) is 0. The summed E-state index contributed by atoms with van der Waals surface area (Å²) >= 11 is 0. The Morgan fingerprint density at radius 2 is 1.42 bits per heavy atom. The highest BCUT2D eigenvalue weighted by molar-refractivity contribution is 5.91. The van der Waals surface area contributed by atoms with Crippen LogP contribution in [0.2, 0.25) is 0 Å². The van der Waals surface area contributed by atoms with Crippen molar-refractivity contribution in [1.82, 2.24) is 0 Å². The van der Waals surface area contributed by atoms with Gasteiger partial charge in [0.2, 0.25) is 0 Å². The van der Waals surface area contributed by atoms with Gasteiger partial charge in [-0.25, -0.2) is 9.18 Å². The normalized spacial score (nSPS) is 17.6. The van der Waals surface area contributed by atoms with Gasteiger partial charge in [0.05, 0.1) is 12.2 Å². The molecule has 1 aliphatic rings. The summed E-state index contributed by atoms with van der Waals surface area (Å²) in [5.41, 5.74) is 1.09. The van der Waals surface area contributed by atoms with Crippen LogP contribution in [0.4, 0.5) is 4.39 Å². The van der Waals surface area contributed by atoms with Crippen LogP contribution >= 0.6 is 0 Å². The number of benzene rings is 2. The lowest BCUT2D eigenvalue weighted by Gasteiger charge is -2.28. The maximum atomic E-state index is 14.3. The lowest BCUT2D eigenvalue weighted by atomic mass is 9.78. The highest BCUT2D eigenvalue weighted by Crippen LogP contribution is 2.34. The van der Waals surface area contributed by atoms with Crippen LogP contribution in [0.3, 0.4) is 0 Å². The minimum absolute atomic E-state index is 0.229. The van der Waals surface area contributed by atoms with Gasteiger partial charge in [-0.15, -0.1) is 0 Å². The maximum Gasteiger partial charge on any atom is 0.343 e. The Balaban J connectivity index is 1.34. The van der Waals surface area contributed by atoms with Crippen molar-refractivity contribution in [2.75, 3.05) is 6.61 Å². The fourth-order valence-electron chi connectivity index (χ4n) is 5.27.